The molecule has 0 atom stereocenters. The average Bonchev–Trinajstić information content (AvgIpc) is 3.20. The number of guanidine groups is 1. The number of hydrogen-bond donors (Lipinski definition) is 2. The first kappa shape index (κ1) is 19.5. The molecule has 0 bridgehead atoms. The van der Waals surface area contributed by atoms with E-state index < -0.39 is 0 Å². The molecule has 0 radical (unpaired) electrons. The first-order valence-electron chi connectivity index (χ1n) is 9.38. The Morgan fingerprint density at radius 3 is 2.61 bits per heavy atom. The zero-order chi connectivity index (χ0) is 19.6. The molecular weight excluding hydrogens is 352 g/mol. The van der Waals surface area contributed by atoms with E-state index >= 15 is 0 Å². The van der Waals surface area contributed by atoms with Gasteiger partial charge in [0.05, 0.1) is 18.8 Å². The van der Waals surface area contributed by atoms with E-state index in [2.05, 4.69) is 27.5 Å². The highest BCUT2D eigenvalue weighted by molar-refractivity contribution is 5.79. The van der Waals surface area contributed by atoms with Gasteiger partial charge in [-0.3, -0.25) is 4.99 Å². The molecule has 0 spiro atoms. The second-order valence-corrected chi connectivity index (χ2v) is 6.38. The van der Waals surface area contributed by atoms with Crippen LogP contribution < -0.4 is 15.4 Å². The fourth-order valence-corrected chi connectivity index (χ4v) is 2.60. The number of nitrogens with zero attached hydrogens (tertiary/aromatic N) is 2. The second-order valence-electron chi connectivity index (χ2n) is 6.38. The third kappa shape index (κ3) is 5.87. The van der Waals surface area contributed by atoms with Crippen molar-refractivity contribution < 1.29 is 9.15 Å². The van der Waals surface area contributed by atoms with Crippen molar-refractivity contribution in [2.45, 2.75) is 19.9 Å². The first-order valence-corrected chi connectivity index (χ1v) is 9.38. The number of aryl methyl sites for hydroxylation is 1. The van der Waals surface area contributed by atoms with E-state index in [1.54, 1.807) is 13.3 Å². The Morgan fingerprint density at radius 1 is 1.07 bits per heavy atom. The fraction of sp³-hybridized carbons (Fsp3) is 0.273. The molecule has 0 amide bonds. The average molecular weight is 378 g/mol. The molecule has 6 nitrogen and oxygen atoms in total. The quantitative estimate of drug-likeness (QED) is 0.355. The molecule has 0 saturated heterocycles. The molecule has 6 heteroatoms. The Balaban J connectivity index is 1.39. The Kier molecular flexibility index (Phi) is 7.07. The Hall–Kier alpha value is -3.28. The van der Waals surface area contributed by atoms with Crippen LogP contribution >= 0.6 is 0 Å². The minimum absolute atomic E-state index is 0.537. The van der Waals surface area contributed by atoms with E-state index in [1.165, 1.54) is 5.56 Å². The third-order valence-corrected chi connectivity index (χ3v) is 4.14. The van der Waals surface area contributed by atoms with Gasteiger partial charge in [-0.05, 0) is 37.6 Å². The summed E-state index contributed by atoms with van der Waals surface area (Å²) in [5.41, 5.74) is 3.00. The molecule has 0 aliphatic carbocycles. The lowest BCUT2D eigenvalue weighted by Gasteiger charge is -2.11. The van der Waals surface area contributed by atoms with Crippen LogP contribution in [0.3, 0.4) is 0 Å². The lowest BCUT2D eigenvalue weighted by atomic mass is 10.1. The number of aliphatic imine (C=N–C) groups is 1. The number of ether oxygens (including phenoxy) is 1. The molecule has 0 saturated carbocycles. The lowest BCUT2D eigenvalue weighted by molar-refractivity contribution is 0.311. The maximum absolute atomic E-state index is 5.68. The summed E-state index contributed by atoms with van der Waals surface area (Å²) in [6, 6.07) is 17.9. The standard InChI is InChI=1S/C22H26N4O2/c1-17-9-11-18(12-10-17)21-26-19(16-28-21)15-25-22(23-2)24-13-6-14-27-20-7-4-3-5-8-20/h3-5,7-12,16H,6,13-15H2,1-2H3,(H2,23,24,25). The molecule has 146 valence electrons. The van der Waals surface area contributed by atoms with E-state index in [0.29, 0.717) is 19.0 Å². The lowest BCUT2D eigenvalue weighted by Crippen LogP contribution is -2.37. The van der Waals surface area contributed by atoms with Gasteiger partial charge in [0.15, 0.2) is 5.96 Å². The normalized spacial score (nSPS) is 11.3. The van der Waals surface area contributed by atoms with Gasteiger partial charge in [0.1, 0.15) is 12.0 Å². The molecule has 28 heavy (non-hydrogen) atoms. The minimum Gasteiger partial charge on any atom is -0.494 e. The molecule has 0 fully saturated rings. The number of rotatable bonds is 8. The molecule has 0 aliphatic heterocycles. The van der Waals surface area contributed by atoms with Crippen LogP contribution in [0, 0.1) is 6.92 Å². The van der Waals surface area contributed by atoms with Crippen LogP contribution in [0.4, 0.5) is 0 Å². The largest absolute Gasteiger partial charge is 0.494 e. The molecule has 1 heterocycles. The molecule has 0 unspecified atom stereocenters. The highest BCUT2D eigenvalue weighted by atomic mass is 16.5. The van der Waals surface area contributed by atoms with Crippen LogP contribution in [-0.4, -0.2) is 31.1 Å². The van der Waals surface area contributed by atoms with Gasteiger partial charge in [-0.15, -0.1) is 0 Å². The predicted molar refractivity (Wildman–Crippen MR) is 111 cm³/mol. The Bertz CT molecular complexity index is 873. The van der Waals surface area contributed by atoms with Crippen molar-refractivity contribution in [3.63, 3.8) is 0 Å². The Morgan fingerprint density at radius 2 is 1.86 bits per heavy atom. The summed E-state index contributed by atoms with van der Waals surface area (Å²) in [7, 11) is 1.75. The summed E-state index contributed by atoms with van der Waals surface area (Å²) < 4.78 is 11.3. The summed E-state index contributed by atoms with van der Waals surface area (Å²) in [4.78, 5) is 8.76. The molecular formula is C22H26N4O2. The van der Waals surface area contributed by atoms with Crippen LogP contribution in [0.1, 0.15) is 17.7 Å². The van der Waals surface area contributed by atoms with Crippen molar-refractivity contribution in [2.75, 3.05) is 20.2 Å². The zero-order valence-corrected chi connectivity index (χ0v) is 16.3. The number of aromatic nitrogens is 1. The summed E-state index contributed by atoms with van der Waals surface area (Å²) in [5.74, 6) is 2.23. The van der Waals surface area contributed by atoms with E-state index in [1.807, 2.05) is 54.6 Å². The highest BCUT2D eigenvalue weighted by Crippen LogP contribution is 2.18. The molecule has 0 aliphatic rings. The van der Waals surface area contributed by atoms with E-state index in [0.717, 1.165) is 35.9 Å². The summed E-state index contributed by atoms with van der Waals surface area (Å²) in [6.45, 7) is 4.01. The molecule has 3 rings (SSSR count). The van der Waals surface area contributed by atoms with Crippen molar-refractivity contribution >= 4 is 5.96 Å². The van der Waals surface area contributed by atoms with Crippen LogP contribution in [-0.2, 0) is 6.54 Å². The summed E-state index contributed by atoms with van der Waals surface area (Å²) in [5, 5.41) is 6.51. The monoisotopic (exact) mass is 378 g/mol. The minimum atomic E-state index is 0.537. The van der Waals surface area contributed by atoms with Crippen molar-refractivity contribution in [1.82, 2.24) is 15.6 Å². The number of nitrogens with one attached hydrogen (secondary N) is 2. The van der Waals surface area contributed by atoms with Gasteiger partial charge in [-0.1, -0.05) is 35.9 Å². The van der Waals surface area contributed by atoms with E-state index in [4.69, 9.17) is 9.15 Å². The smallest absolute Gasteiger partial charge is 0.226 e. The fourth-order valence-electron chi connectivity index (χ4n) is 2.60. The Labute approximate surface area is 165 Å². The predicted octanol–water partition coefficient (Wildman–Crippen LogP) is 3.78. The number of benzene rings is 2. The first-order chi connectivity index (χ1) is 13.7. The number of hydrogen-bond acceptors (Lipinski definition) is 4. The van der Waals surface area contributed by atoms with Gasteiger partial charge in [0.25, 0.3) is 0 Å². The van der Waals surface area contributed by atoms with Gasteiger partial charge in [-0.25, -0.2) is 4.98 Å². The maximum Gasteiger partial charge on any atom is 0.226 e. The highest BCUT2D eigenvalue weighted by Gasteiger charge is 2.07. The zero-order valence-electron chi connectivity index (χ0n) is 16.3. The van der Waals surface area contributed by atoms with Crippen LogP contribution in [0.2, 0.25) is 0 Å². The van der Waals surface area contributed by atoms with Gasteiger partial charge in [0.2, 0.25) is 5.89 Å². The van der Waals surface area contributed by atoms with Gasteiger partial charge in [0, 0.05) is 19.2 Å². The summed E-state index contributed by atoms with van der Waals surface area (Å²) in [6.07, 6.45) is 2.54. The number of oxazole rings is 1. The van der Waals surface area contributed by atoms with Crippen molar-refractivity contribution in [3.8, 4) is 17.2 Å². The summed E-state index contributed by atoms with van der Waals surface area (Å²) >= 11 is 0. The van der Waals surface area contributed by atoms with Crippen molar-refractivity contribution in [1.29, 1.82) is 0 Å². The third-order valence-electron chi connectivity index (χ3n) is 4.14. The van der Waals surface area contributed by atoms with Crippen LogP contribution in [0.5, 0.6) is 5.75 Å². The molecule has 1 aromatic heterocycles. The molecule has 2 N–H and O–H groups in total. The van der Waals surface area contributed by atoms with E-state index in [9.17, 15) is 0 Å². The SMILES string of the molecule is CN=C(NCCCOc1ccccc1)NCc1coc(-c2ccc(C)cc2)n1. The molecule has 2 aromatic carbocycles. The van der Waals surface area contributed by atoms with Gasteiger partial charge >= 0.3 is 0 Å². The number of para-hydroxylation sites is 1. The van der Waals surface area contributed by atoms with Crippen LogP contribution in [0.25, 0.3) is 11.5 Å². The van der Waals surface area contributed by atoms with Gasteiger partial charge in [-0.2, -0.15) is 0 Å². The van der Waals surface area contributed by atoms with Gasteiger partial charge < -0.3 is 19.8 Å². The topological polar surface area (TPSA) is 71.7 Å². The van der Waals surface area contributed by atoms with Crippen molar-refractivity contribution in [2.24, 2.45) is 4.99 Å². The van der Waals surface area contributed by atoms with E-state index in [-0.39, 0.29) is 0 Å². The second kappa shape index (κ2) is 10.2. The maximum atomic E-state index is 5.68. The molecule has 3 aromatic rings. The van der Waals surface area contributed by atoms with Crippen molar-refractivity contribution in [3.05, 3.63) is 72.1 Å². The van der Waals surface area contributed by atoms with Crippen LogP contribution in [0.15, 0.2) is 70.3 Å².